The smallest absolute Gasteiger partial charge is 0.221 e. The number of rotatable bonds is 6. The number of hydrogen-bond donors (Lipinski definition) is 1. The third-order valence-corrected chi connectivity index (χ3v) is 4.48. The number of aryl methyl sites for hydroxylation is 1. The average molecular weight is 356 g/mol. The van der Waals surface area contributed by atoms with Crippen LogP contribution in [0.5, 0.6) is 0 Å². The first-order valence-corrected chi connectivity index (χ1v) is 9.03. The number of nitrogens with zero attached hydrogens (tertiary/aromatic N) is 1. The highest BCUT2D eigenvalue weighted by atomic mass is 16.3. The Bertz CT molecular complexity index is 953. The summed E-state index contributed by atoms with van der Waals surface area (Å²) in [6.45, 7) is 0. The zero-order valence-corrected chi connectivity index (χ0v) is 14.8. The van der Waals surface area contributed by atoms with Gasteiger partial charge in [0.05, 0.1) is 6.04 Å². The average Bonchev–Trinajstić information content (AvgIpc) is 3.15. The topological polar surface area (TPSA) is 55.1 Å². The molecular formula is C23H20N2O2. The number of fused-ring (bicyclic) bond motifs is 1. The van der Waals surface area contributed by atoms with Crippen molar-refractivity contribution in [1.29, 1.82) is 0 Å². The third-order valence-electron chi connectivity index (χ3n) is 4.48. The molecule has 0 aliphatic rings. The van der Waals surface area contributed by atoms with Gasteiger partial charge >= 0.3 is 0 Å². The quantitative estimate of drug-likeness (QED) is 0.546. The second kappa shape index (κ2) is 7.87. The molecule has 0 bridgehead atoms. The first kappa shape index (κ1) is 17.0. The van der Waals surface area contributed by atoms with Crippen molar-refractivity contribution in [1.82, 2.24) is 10.3 Å². The molecule has 0 spiro atoms. The zero-order valence-electron chi connectivity index (χ0n) is 14.8. The van der Waals surface area contributed by atoms with E-state index in [2.05, 4.69) is 10.3 Å². The monoisotopic (exact) mass is 356 g/mol. The molecule has 3 aromatic carbocycles. The van der Waals surface area contributed by atoms with Crippen molar-refractivity contribution in [3.8, 4) is 0 Å². The van der Waals surface area contributed by atoms with Crippen molar-refractivity contribution in [3.63, 3.8) is 0 Å². The fourth-order valence-corrected chi connectivity index (χ4v) is 3.13. The van der Waals surface area contributed by atoms with Crippen molar-refractivity contribution in [2.24, 2.45) is 0 Å². The molecule has 0 saturated carbocycles. The Morgan fingerprint density at radius 3 is 2.07 bits per heavy atom. The normalized spacial score (nSPS) is 11.0. The van der Waals surface area contributed by atoms with E-state index in [4.69, 9.17) is 4.42 Å². The Labute approximate surface area is 157 Å². The Morgan fingerprint density at radius 2 is 1.44 bits per heavy atom. The second-order valence-corrected chi connectivity index (χ2v) is 6.40. The molecule has 0 radical (unpaired) electrons. The van der Waals surface area contributed by atoms with Gasteiger partial charge in [-0.3, -0.25) is 4.79 Å². The molecule has 4 heteroatoms. The van der Waals surface area contributed by atoms with E-state index in [0.29, 0.717) is 18.7 Å². The van der Waals surface area contributed by atoms with Crippen molar-refractivity contribution in [2.75, 3.05) is 0 Å². The Hall–Kier alpha value is -3.40. The molecular weight excluding hydrogens is 336 g/mol. The molecule has 1 aromatic heterocycles. The fourth-order valence-electron chi connectivity index (χ4n) is 3.13. The number of carbonyl (C=O) groups is 1. The van der Waals surface area contributed by atoms with E-state index in [1.807, 2.05) is 84.9 Å². The van der Waals surface area contributed by atoms with Crippen LogP contribution in [0.4, 0.5) is 0 Å². The number of carbonyl (C=O) groups excluding carboxylic acids is 1. The van der Waals surface area contributed by atoms with Crippen LogP contribution in [0.2, 0.25) is 0 Å². The summed E-state index contributed by atoms with van der Waals surface area (Å²) in [4.78, 5) is 17.0. The second-order valence-electron chi connectivity index (χ2n) is 6.40. The van der Waals surface area contributed by atoms with Gasteiger partial charge in [-0.25, -0.2) is 4.98 Å². The van der Waals surface area contributed by atoms with Gasteiger partial charge in [-0.2, -0.15) is 0 Å². The molecule has 4 rings (SSSR count). The molecule has 4 aromatic rings. The van der Waals surface area contributed by atoms with E-state index < -0.39 is 0 Å². The lowest BCUT2D eigenvalue weighted by Crippen LogP contribution is -2.29. The van der Waals surface area contributed by atoms with E-state index in [1.54, 1.807) is 0 Å². The SMILES string of the molecule is O=C(CCc1nc2ccccc2o1)NC(c1ccccc1)c1ccccc1. The van der Waals surface area contributed by atoms with Crippen LogP contribution in [0, 0.1) is 0 Å². The number of oxazole rings is 1. The summed E-state index contributed by atoms with van der Waals surface area (Å²) in [5.74, 6) is 0.553. The summed E-state index contributed by atoms with van der Waals surface area (Å²) >= 11 is 0. The van der Waals surface area contributed by atoms with Gasteiger partial charge in [0.15, 0.2) is 11.5 Å². The van der Waals surface area contributed by atoms with Gasteiger partial charge in [0, 0.05) is 12.8 Å². The summed E-state index contributed by atoms with van der Waals surface area (Å²) in [5, 5.41) is 3.15. The minimum atomic E-state index is -0.177. The lowest BCUT2D eigenvalue weighted by Gasteiger charge is -2.19. The highest BCUT2D eigenvalue weighted by Gasteiger charge is 2.17. The number of nitrogens with one attached hydrogen (secondary N) is 1. The van der Waals surface area contributed by atoms with Gasteiger partial charge in [0.25, 0.3) is 0 Å². The number of benzene rings is 3. The van der Waals surface area contributed by atoms with Crippen LogP contribution < -0.4 is 5.32 Å². The minimum absolute atomic E-state index is 0.0324. The van der Waals surface area contributed by atoms with E-state index in [1.165, 1.54) is 0 Å². The molecule has 0 saturated heterocycles. The minimum Gasteiger partial charge on any atom is -0.441 e. The Kier molecular flexibility index (Phi) is 4.97. The zero-order chi connectivity index (χ0) is 18.5. The van der Waals surface area contributed by atoms with Crippen molar-refractivity contribution in [2.45, 2.75) is 18.9 Å². The maximum atomic E-state index is 12.6. The highest BCUT2D eigenvalue weighted by Crippen LogP contribution is 2.22. The molecule has 134 valence electrons. The molecule has 0 fully saturated rings. The fraction of sp³-hybridized carbons (Fsp3) is 0.130. The lowest BCUT2D eigenvalue weighted by molar-refractivity contribution is -0.121. The van der Waals surface area contributed by atoms with Gasteiger partial charge in [-0.05, 0) is 23.3 Å². The van der Waals surface area contributed by atoms with Crippen LogP contribution in [-0.4, -0.2) is 10.9 Å². The number of aromatic nitrogens is 1. The van der Waals surface area contributed by atoms with Gasteiger partial charge in [-0.1, -0.05) is 72.8 Å². The van der Waals surface area contributed by atoms with Crippen LogP contribution >= 0.6 is 0 Å². The standard InChI is InChI=1S/C23H20N2O2/c26-21(15-16-22-24-19-13-7-8-14-20(19)27-22)25-23(17-9-3-1-4-10-17)18-11-5-2-6-12-18/h1-14,23H,15-16H2,(H,25,26). The number of hydrogen-bond acceptors (Lipinski definition) is 3. The van der Waals surface area contributed by atoms with Crippen LogP contribution in [-0.2, 0) is 11.2 Å². The Morgan fingerprint density at radius 1 is 0.852 bits per heavy atom. The van der Waals surface area contributed by atoms with Crippen molar-refractivity contribution >= 4 is 17.0 Å². The van der Waals surface area contributed by atoms with E-state index in [9.17, 15) is 4.79 Å². The molecule has 0 unspecified atom stereocenters. The van der Waals surface area contributed by atoms with Gasteiger partial charge in [0.2, 0.25) is 5.91 Å². The van der Waals surface area contributed by atoms with Gasteiger partial charge < -0.3 is 9.73 Å². The predicted molar refractivity (Wildman–Crippen MR) is 105 cm³/mol. The molecule has 0 atom stereocenters. The molecule has 0 aliphatic heterocycles. The largest absolute Gasteiger partial charge is 0.441 e. The van der Waals surface area contributed by atoms with E-state index >= 15 is 0 Å². The first-order valence-electron chi connectivity index (χ1n) is 9.03. The maximum Gasteiger partial charge on any atom is 0.221 e. The summed E-state index contributed by atoms with van der Waals surface area (Å²) in [6.07, 6.45) is 0.791. The predicted octanol–water partition coefficient (Wildman–Crippen LogP) is 4.67. The number of para-hydroxylation sites is 2. The molecule has 27 heavy (non-hydrogen) atoms. The van der Waals surface area contributed by atoms with E-state index in [-0.39, 0.29) is 11.9 Å². The highest BCUT2D eigenvalue weighted by molar-refractivity contribution is 5.77. The van der Waals surface area contributed by atoms with Crippen LogP contribution in [0.15, 0.2) is 89.3 Å². The lowest BCUT2D eigenvalue weighted by atomic mass is 9.98. The third kappa shape index (κ3) is 4.06. The summed E-state index contributed by atoms with van der Waals surface area (Å²) in [7, 11) is 0. The summed E-state index contributed by atoms with van der Waals surface area (Å²) < 4.78 is 5.70. The summed E-state index contributed by atoms with van der Waals surface area (Å²) in [5.41, 5.74) is 3.68. The van der Waals surface area contributed by atoms with Gasteiger partial charge in [0.1, 0.15) is 5.52 Å². The van der Waals surface area contributed by atoms with Gasteiger partial charge in [-0.15, -0.1) is 0 Å². The maximum absolute atomic E-state index is 12.6. The van der Waals surface area contributed by atoms with Crippen LogP contribution in [0.1, 0.15) is 29.5 Å². The number of amides is 1. The van der Waals surface area contributed by atoms with Crippen LogP contribution in [0.25, 0.3) is 11.1 Å². The molecule has 1 amide bonds. The molecule has 4 nitrogen and oxygen atoms in total. The first-order chi connectivity index (χ1) is 13.3. The Balaban J connectivity index is 1.47. The van der Waals surface area contributed by atoms with Crippen molar-refractivity contribution in [3.05, 3.63) is 102 Å². The molecule has 1 N–H and O–H groups in total. The summed E-state index contributed by atoms with van der Waals surface area (Å²) in [6, 6.07) is 27.4. The van der Waals surface area contributed by atoms with E-state index in [0.717, 1.165) is 22.2 Å². The molecule has 0 aliphatic carbocycles. The molecule has 1 heterocycles. The van der Waals surface area contributed by atoms with Crippen molar-refractivity contribution < 1.29 is 9.21 Å². The van der Waals surface area contributed by atoms with Crippen LogP contribution in [0.3, 0.4) is 0 Å².